The summed E-state index contributed by atoms with van der Waals surface area (Å²) < 4.78 is 40.2. The van der Waals surface area contributed by atoms with Crippen LogP contribution in [0, 0.1) is 6.92 Å². The van der Waals surface area contributed by atoms with E-state index >= 15 is 0 Å². The van der Waals surface area contributed by atoms with Gasteiger partial charge in [0, 0.05) is 69.5 Å². The minimum Gasteiger partial charge on any atom is -0.439 e. The Bertz CT molecular complexity index is 1520. The lowest BCUT2D eigenvalue weighted by atomic mass is 9.95. The molecule has 4 aromatic rings. The Morgan fingerprint density at radius 2 is 1.88 bits per heavy atom. The molecule has 2 aromatic carbocycles. The largest absolute Gasteiger partial charge is 0.439 e. The van der Waals surface area contributed by atoms with Crippen molar-refractivity contribution in [2.45, 2.75) is 39.7 Å². The molecule has 0 bridgehead atoms. The highest BCUT2D eigenvalue weighted by Gasteiger charge is 2.29. The lowest BCUT2D eigenvalue weighted by Crippen LogP contribution is -2.45. The van der Waals surface area contributed by atoms with E-state index in [9.17, 15) is 13.6 Å². The van der Waals surface area contributed by atoms with Crippen LogP contribution >= 0.6 is 0 Å². The quantitative estimate of drug-likeness (QED) is 0.216. The Morgan fingerprint density at radius 1 is 1.10 bits per heavy atom. The third-order valence-electron chi connectivity index (χ3n) is 7.36. The van der Waals surface area contributed by atoms with Gasteiger partial charge >= 0.3 is 0 Å². The van der Waals surface area contributed by atoms with Crippen molar-refractivity contribution in [3.63, 3.8) is 0 Å². The Morgan fingerprint density at radius 3 is 2.60 bits per heavy atom. The second-order valence-electron chi connectivity index (χ2n) is 10.5. The van der Waals surface area contributed by atoms with E-state index in [4.69, 9.17) is 9.26 Å². The molecule has 0 saturated carbocycles. The summed E-state index contributed by atoms with van der Waals surface area (Å²) in [5.41, 5.74) is 2.91. The average molecular weight is 577 g/mol. The standard InChI is InChI=1S/C31H34F2N6O3/c1-4-38-11-13-39(14-12-38)19-24-8-6-22(15-26(24)31(3,32)33)16-27(40)23-7-5-21(2)28(17-23)42-29-9-10-34-30(37-29)36-25-18-35-41-20-25/h5-10,15,17-18,20H,4,11-14,16,19H2,1-3H3,(H,34,36,37). The molecule has 42 heavy (non-hydrogen) atoms. The van der Waals surface area contributed by atoms with Crippen LogP contribution in [0.4, 0.5) is 20.4 Å². The van der Waals surface area contributed by atoms with Crippen LogP contribution in [0.5, 0.6) is 11.6 Å². The van der Waals surface area contributed by atoms with Gasteiger partial charge in [-0.05, 0) is 42.3 Å². The highest BCUT2D eigenvalue weighted by Crippen LogP contribution is 2.32. The molecule has 11 heteroatoms. The van der Waals surface area contributed by atoms with Crippen molar-refractivity contribution in [1.82, 2.24) is 24.9 Å². The van der Waals surface area contributed by atoms with Crippen molar-refractivity contribution in [3.8, 4) is 11.6 Å². The lowest BCUT2D eigenvalue weighted by Gasteiger charge is -2.34. The number of aryl methyl sites for hydroxylation is 1. The second-order valence-corrected chi connectivity index (χ2v) is 10.5. The summed E-state index contributed by atoms with van der Waals surface area (Å²) in [5.74, 6) is -2.21. The van der Waals surface area contributed by atoms with Gasteiger partial charge in [0.05, 0.1) is 6.20 Å². The first-order valence-corrected chi connectivity index (χ1v) is 13.9. The molecule has 3 heterocycles. The van der Waals surface area contributed by atoms with Gasteiger partial charge < -0.3 is 19.5 Å². The van der Waals surface area contributed by atoms with Crippen molar-refractivity contribution in [3.05, 3.63) is 88.9 Å². The van der Waals surface area contributed by atoms with Crippen LogP contribution in [-0.2, 0) is 18.9 Å². The van der Waals surface area contributed by atoms with E-state index in [0.29, 0.717) is 34.7 Å². The summed E-state index contributed by atoms with van der Waals surface area (Å²) in [6.07, 6.45) is 4.44. The highest BCUT2D eigenvalue weighted by molar-refractivity contribution is 5.98. The van der Waals surface area contributed by atoms with Gasteiger partial charge in [-0.2, -0.15) is 4.98 Å². The number of likely N-dealkylation sites (N-methyl/N-ethyl adjacent to an activating group) is 1. The third-order valence-corrected chi connectivity index (χ3v) is 7.36. The molecule has 1 saturated heterocycles. The van der Waals surface area contributed by atoms with E-state index < -0.39 is 5.92 Å². The maximum Gasteiger partial charge on any atom is 0.270 e. The number of anilines is 2. The molecular weight excluding hydrogens is 542 g/mol. The van der Waals surface area contributed by atoms with Gasteiger partial charge in [-0.25, -0.2) is 13.8 Å². The fourth-order valence-electron chi connectivity index (χ4n) is 4.92. The van der Waals surface area contributed by atoms with Crippen LogP contribution in [-0.4, -0.2) is 63.4 Å². The monoisotopic (exact) mass is 576 g/mol. The summed E-state index contributed by atoms with van der Waals surface area (Å²) in [6.45, 7) is 9.90. The van der Waals surface area contributed by atoms with E-state index in [2.05, 4.69) is 37.2 Å². The number of hydrogen-bond donors (Lipinski definition) is 1. The van der Waals surface area contributed by atoms with Crippen molar-refractivity contribution in [2.75, 3.05) is 38.0 Å². The Labute approximate surface area is 243 Å². The first-order chi connectivity index (χ1) is 20.2. The Hall–Kier alpha value is -4.22. The number of ketones is 1. The molecule has 1 fully saturated rings. The van der Waals surface area contributed by atoms with E-state index in [-0.39, 0.29) is 29.6 Å². The zero-order valence-electron chi connectivity index (χ0n) is 23.9. The first-order valence-electron chi connectivity index (χ1n) is 13.9. The van der Waals surface area contributed by atoms with Gasteiger partial charge in [-0.15, -0.1) is 0 Å². The number of Topliss-reactive ketones (excluding diaryl/α,β-unsaturated/α-hetero) is 1. The summed E-state index contributed by atoms with van der Waals surface area (Å²) in [7, 11) is 0. The number of piperazine rings is 1. The van der Waals surface area contributed by atoms with Crippen LogP contribution in [0.25, 0.3) is 0 Å². The fraction of sp³-hybridized carbons (Fsp3) is 0.355. The van der Waals surface area contributed by atoms with Gasteiger partial charge in [-0.1, -0.05) is 36.3 Å². The second kappa shape index (κ2) is 12.7. The number of ether oxygens (including phenoxy) is 1. The maximum absolute atomic E-state index is 14.7. The molecule has 1 N–H and O–H groups in total. The minimum atomic E-state index is -3.02. The number of hydrogen-bond acceptors (Lipinski definition) is 9. The van der Waals surface area contributed by atoms with Gasteiger partial charge in [0.1, 0.15) is 17.7 Å². The predicted molar refractivity (Wildman–Crippen MR) is 155 cm³/mol. The topological polar surface area (TPSA) is 96.6 Å². The van der Waals surface area contributed by atoms with Gasteiger partial charge in [-0.3, -0.25) is 9.69 Å². The summed E-state index contributed by atoms with van der Waals surface area (Å²) in [5, 5.41) is 6.59. The average Bonchev–Trinajstić information content (AvgIpc) is 3.48. The molecule has 0 spiro atoms. The first kappa shape index (κ1) is 29.3. The predicted octanol–water partition coefficient (Wildman–Crippen LogP) is 5.98. The smallest absolute Gasteiger partial charge is 0.270 e. The van der Waals surface area contributed by atoms with E-state index in [1.807, 2.05) is 6.92 Å². The number of halogens is 2. The number of nitrogens with zero attached hydrogens (tertiary/aromatic N) is 5. The molecule has 0 amide bonds. The zero-order chi connectivity index (χ0) is 29.7. The SMILES string of the molecule is CCN1CCN(Cc2ccc(CC(=O)c3ccc(C)c(Oc4ccnc(Nc5cnoc5)n4)c3)cc2C(C)(F)F)CC1. The van der Waals surface area contributed by atoms with Crippen molar-refractivity contribution < 1.29 is 22.8 Å². The molecule has 0 radical (unpaired) electrons. The molecule has 2 aromatic heterocycles. The summed E-state index contributed by atoms with van der Waals surface area (Å²) >= 11 is 0. The number of rotatable bonds is 11. The van der Waals surface area contributed by atoms with E-state index in [1.165, 1.54) is 18.5 Å². The van der Waals surface area contributed by atoms with Crippen LogP contribution in [0.2, 0.25) is 0 Å². The highest BCUT2D eigenvalue weighted by atomic mass is 19.3. The van der Waals surface area contributed by atoms with E-state index in [0.717, 1.165) is 45.2 Å². The molecule has 9 nitrogen and oxygen atoms in total. The third kappa shape index (κ3) is 7.34. The van der Waals surface area contributed by atoms with Crippen LogP contribution in [0.1, 0.15) is 46.5 Å². The van der Waals surface area contributed by atoms with Crippen LogP contribution in [0.3, 0.4) is 0 Å². The van der Waals surface area contributed by atoms with Gasteiger partial charge in [0.2, 0.25) is 11.8 Å². The number of aromatic nitrogens is 3. The zero-order valence-corrected chi connectivity index (χ0v) is 23.9. The summed E-state index contributed by atoms with van der Waals surface area (Å²) in [6, 6.07) is 11.7. The molecule has 220 valence electrons. The van der Waals surface area contributed by atoms with Gasteiger partial charge in [0.25, 0.3) is 5.92 Å². The number of nitrogens with one attached hydrogen (secondary N) is 1. The number of carbonyl (C=O) groups is 1. The van der Waals surface area contributed by atoms with E-state index in [1.54, 1.807) is 42.6 Å². The van der Waals surface area contributed by atoms with Crippen molar-refractivity contribution in [2.24, 2.45) is 0 Å². The molecule has 1 aliphatic heterocycles. The lowest BCUT2D eigenvalue weighted by molar-refractivity contribution is 0.0153. The van der Waals surface area contributed by atoms with Crippen molar-refractivity contribution in [1.29, 1.82) is 0 Å². The van der Waals surface area contributed by atoms with Crippen LogP contribution in [0.15, 0.2) is 65.6 Å². The van der Waals surface area contributed by atoms with Gasteiger partial charge in [0.15, 0.2) is 5.78 Å². The molecule has 1 aliphatic rings. The molecule has 0 atom stereocenters. The normalized spacial score (nSPS) is 14.6. The minimum absolute atomic E-state index is 0.0126. The molecular formula is C31H34F2N6O3. The molecule has 0 unspecified atom stereocenters. The Balaban J connectivity index is 1.29. The number of carbonyl (C=O) groups excluding carboxylic acids is 1. The molecule has 5 rings (SSSR count). The van der Waals surface area contributed by atoms with Crippen LogP contribution < -0.4 is 10.1 Å². The fourth-order valence-corrected chi connectivity index (χ4v) is 4.92. The molecule has 0 aliphatic carbocycles. The van der Waals surface area contributed by atoms with Crippen molar-refractivity contribution >= 4 is 17.4 Å². The number of alkyl halides is 2. The summed E-state index contributed by atoms with van der Waals surface area (Å²) in [4.78, 5) is 26.3. The maximum atomic E-state index is 14.7. The number of benzene rings is 2. The Kier molecular flexibility index (Phi) is 8.89.